The molecule has 0 radical (unpaired) electrons. The highest BCUT2D eigenvalue weighted by Gasteiger charge is 1.99. The van der Waals surface area contributed by atoms with Crippen molar-refractivity contribution in [1.29, 1.82) is 0 Å². The van der Waals surface area contributed by atoms with Gasteiger partial charge in [0.15, 0.2) is 0 Å². The van der Waals surface area contributed by atoms with E-state index in [-0.39, 0.29) is 0 Å². The second-order valence-corrected chi connectivity index (χ2v) is 3.54. The van der Waals surface area contributed by atoms with E-state index in [9.17, 15) is 5.11 Å². The highest BCUT2D eigenvalue weighted by atomic mass is 16.3. The van der Waals surface area contributed by atoms with Crippen LogP contribution in [0.5, 0.6) is 0 Å². The van der Waals surface area contributed by atoms with E-state index in [1.807, 2.05) is 36.4 Å². The fourth-order valence-electron chi connectivity index (χ4n) is 1.30. The van der Waals surface area contributed by atoms with Crippen LogP contribution in [0.15, 0.2) is 48.2 Å². The van der Waals surface area contributed by atoms with Crippen molar-refractivity contribution in [3.05, 3.63) is 53.8 Å². The lowest BCUT2D eigenvalue weighted by atomic mass is 10.1. The molecule has 0 saturated heterocycles. The van der Waals surface area contributed by atoms with Crippen LogP contribution >= 0.6 is 0 Å². The summed E-state index contributed by atoms with van der Waals surface area (Å²) >= 11 is 0. The SMILES string of the molecule is CCCCC=C=CC(O)c1ccccc1. The average molecular weight is 202 g/mol. The van der Waals surface area contributed by atoms with Crippen LogP contribution < -0.4 is 0 Å². The first-order chi connectivity index (χ1) is 7.34. The normalized spacial score (nSPS) is 11.6. The molecule has 1 aromatic rings. The molecule has 1 rings (SSSR count). The van der Waals surface area contributed by atoms with Gasteiger partial charge in [0.05, 0.1) is 0 Å². The van der Waals surface area contributed by atoms with Gasteiger partial charge in [-0.05, 0) is 30.6 Å². The fraction of sp³-hybridized carbons (Fsp3) is 0.357. The zero-order valence-corrected chi connectivity index (χ0v) is 9.19. The molecule has 0 aromatic heterocycles. The highest BCUT2D eigenvalue weighted by Crippen LogP contribution is 2.12. The van der Waals surface area contributed by atoms with E-state index >= 15 is 0 Å². The van der Waals surface area contributed by atoms with E-state index in [4.69, 9.17) is 0 Å². The van der Waals surface area contributed by atoms with Crippen molar-refractivity contribution >= 4 is 0 Å². The Balaban J connectivity index is 2.48. The third kappa shape index (κ3) is 4.64. The van der Waals surface area contributed by atoms with Crippen LogP contribution in [0, 0.1) is 0 Å². The third-order valence-electron chi connectivity index (χ3n) is 2.22. The summed E-state index contributed by atoms with van der Waals surface area (Å²) in [7, 11) is 0. The van der Waals surface area contributed by atoms with Crippen molar-refractivity contribution in [3.63, 3.8) is 0 Å². The number of rotatable bonds is 5. The van der Waals surface area contributed by atoms with Crippen molar-refractivity contribution in [2.45, 2.75) is 32.3 Å². The molecule has 1 unspecified atom stereocenters. The first kappa shape index (κ1) is 11.8. The second-order valence-electron chi connectivity index (χ2n) is 3.54. The average Bonchev–Trinajstić information content (AvgIpc) is 2.30. The van der Waals surface area contributed by atoms with Gasteiger partial charge in [-0.25, -0.2) is 0 Å². The van der Waals surface area contributed by atoms with Crippen LogP contribution in [0.2, 0.25) is 0 Å². The van der Waals surface area contributed by atoms with E-state index in [0.29, 0.717) is 0 Å². The first-order valence-corrected chi connectivity index (χ1v) is 5.48. The lowest BCUT2D eigenvalue weighted by molar-refractivity contribution is 0.229. The molecule has 0 aliphatic carbocycles. The maximum absolute atomic E-state index is 9.74. The maximum atomic E-state index is 9.74. The van der Waals surface area contributed by atoms with E-state index in [1.165, 1.54) is 12.8 Å². The third-order valence-corrected chi connectivity index (χ3v) is 2.22. The van der Waals surface area contributed by atoms with Gasteiger partial charge in [0, 0.05) is 0 Å². The lowest BCUT2D eigenvalue weighted by Crippen LogP contribution is -1.90. The van der Waals surface area contributed by atoms with E-state index < -0.39 is 6.10 Å². The van der Waals surface area contributed by atoms with Crippen LogP contribution in [0.1, 0.15) is 37.9 Å². The molecule has 15 heavy (non-hydrogen) atoms. The Morgan fingerprint density at radius 2 is 2.07 bits per heavy atom. The molecule has 0 aliphatic rings. The Morgan fingerprint density at radius 3 is 2.73 bits per heavy atom. The zero-order chi connectivity index (χ0) is 10.9. The highest BCUT2D eigenvalue weighted by molar-refractivity contribution is 5.20. The molecule has 0 spiro atoms. The summed E-state index contributed by atoms with van der Waals surface area (Å²) < 4.78 is 0. The zero-order valence-electron chi connectivity index (χ0n) is 9.19. The summed E-state index contributed by atoms with van der Waals surface area (Å²) in [6, 6.07) is 9.61. The van der Waals surface area contributed by atoms with Gasteiger partial charge in [0.1, 0.15) is 6.10 Å². The summed E-state index contributed by atoms with van der Waals surface area (Å²) in [6.07, 6.45) is 6.56. The fourth-order valence-corrected chi connectivity index (χ4v) is 1.30. The molecule has 1 aromatic carbocycles. The van der Waals surface area contributed by atoms with Gasteiger partial charge in [0.25, 0.3) is 0 Å². The minimum absolute atomic E-state index is 0.538. The molecule has 80 valence electrons. The lowest BCUT2D eigenvalue weighted by Gasteiger charge is -2.02. The van der Waals surface area contributed by atoms with Crippen molar-refractivity contribution in [3.8, 4) is 0 Å². The molecule has 1 nitrogen and oxygen atoms in total. The Kier molecular flexibility index (Phi) is 5.54. The molecule has 0 bridgehead atoms. The summed E-state index contributed by atoms with van der Waals surface area (Å²) in [5.41, 5.74) is 3.93. The molecule has 0 saturated carbocycles. The Hall–Kier alpha value is -1.30. The predicted molar refractivity (Wildman–Crippen MR) is 63.6 cm³/mol. The Labute approximate surface area is 91.8 Å². The van der Waals surface area contributed by atoms with Gasteiger partial charge in [-0.15, -0.1) is 5.73 Å². The number of aliphatic hydroxyl groups is 1. The van der Waals surface area contributed by atoms with E-state index in [2.05, 4.69) is 12.7 Å². The Bertz CT molecular complexity index is 320. The molecule has 0 fully saturated rings. The summed E-state index contributed by atoms with van der Waals surface area (Å²) in [5.74, 6) is 0. The first-order valence-electron chi connectivity index (χ1n) is 5.48. The van der Waals surface area contributed by atoms with Gasteiger partial charge in [-0.1, -0.05) is 43.7 Å². The molecular formula is C14H18O. The molecule has 0 heterocycles. The standard InChI is InChI=1S/C14H18O/c1-2-3-4-5-9-12-14(15)13-10-7-6-8-11-13/h5-8,10-12,14-15H,2-4H2,1H3. The second kappa shape index (κ2) is 7.05. The van der Waals surface area contributed by atoms with Crippen molar-refractivity contribution < 1.29 is 5.11 Å². The number of unbranched alkanes of at least 4 members (excludes halogenated alkanes) is 2. The molecule has 0 aliphatic heterocycles. The minimum Gasteiger partial charge on any atom is -0.384 e. The van der Waals surface area contributed by atoms with Gasteiger partial charge < -0.3 is 5.11 Å². The largest absolute Gasteiger partial charge is 0.384 e. The smallest absolute Gasteiger partial charge is 0.104 e. The summed E-state index contributed by atoms with van der Waals surface area (Å²) in [6.45, 7) is 2.16. The number of hydrogen-bond acceptors (Lipinski definition) is 1. The summed E-state index contributed by atoms with van der Waals surface area (Å²) in [5, 5.41) is 9.74. The molecule has 1 heteroatoms. The monoisotopic (exact) mass is 202 g/mol. The van der Waals surface area contributed by atoms with Gasteiger partial charge in [-0.3, -0.25) is 0 Å². The van der Waals surface area contributed by atoms with Crippen LogP contribution in [-0.4, -0.2) is 5.11 Å². The molecule has 0 amide bonds. The van der Waals surface area contributed by atoms with Crippen molar-refractivity contribution in [1.82, 2.24) is 0 Å². The van der Waals surface area contributed by atoms with Crippen LogP contribution in [0.3, 0.4) is 0 Å². The van der Waals surface area contributed by atoms with Crippen LogP contribution in [0.4, 0.5) is 0 Å². The predicted octanol–water partition coefficient (Wildman–Crippen LogP) is 3.62. The van der Waals surface area contributed by atoms with Crippen LogP contribution in [0.25, 0.3) is 0 Å². The van der Waals surface area contributed by atoms with Gasteiger partial charge in [0.2, 0.25) is 0 Å². The van der Waals surface area contributed by atoms with E-state index in [1.54, 1.807) is 6.08 Å². The topological polar surface area (TPSA) is 20.2 Å². The summed E-state index contributed by atoms with van der Waals surface area (Å²) in [4.78, 5) is 0. The minimum atomic E-state index is -0.538. The quantitative estimate of drug-likeness (QED) is 0.571. The van der Waals surface area contributed by atoms with Crippen molar-refractivity contribution in [2.24, 2.45) is 0 Å². The number of hydrogen-bond donors (Lipinski definition) is 1. The molecule has 1 atom stereocenters. The Morgan fingerprint density at radius 1 is 1.33 bits per heavy atom. The van der Waals surface area contributed by atoms with Gasteiger partial charge in [-0.2, -0.15) is 0 Å². The molecule has 1 N–H and O–H groups in total. The number of benzene rings is 1. The van der Waals surface area contributed by atoms with Crippen LogP contribution in [-0.2, 0) is 0 Å². The number of aliphatic hydroxyl groups excluding tert-OH is 1. The van der Waals surface area contributed by atoms with E-state index in [0.717, 1.165) is 12.0 Å². The maximum Gasteiger partial charge on any atom is 0.104 e. The molecular weight excluding hydrogens is 184 g/mol. The van der Waals surface area contributed by atoms with Crippen molar-refractivity contribution in [2.75, 3.05) is 0 Å². The van der Waals surface area contributed by atoms with Gasteiger partial charge >= 0.3 is 0 Å².